The van der Waals surface area contributed by atoms with Crippen LogP contribution >= 0.6 is 0 Å². The van der Waals surface area contributed by atoms with Crippen LogP contribution in [0.25, 0.3) is 11.2 Å². The number of aromatic amines is 1. The molecule has 1 fully saturated rings. The second-order valence-electron chi connectivity index (χ2n) is 10.2. The van der Waals surface area contributed by atoms with E-state index in [0.29, 0.717) is 12.1 Å². The van der Waals surface area contributed by atoms with Gasteiger partial charge in [0.05, 0.1) is 24.9 Å². The molecule has 0 aliphatic carbocycles. The van der Waals surface area contributed by atoms with E-state index in [2.05, 4.69) is 28.0 Å². The van der Waals surface area contributed by atoms with Crippen LogP contribution in [0.2, 0.25) is 13.1 Å². The molecular weight excluding hydrogens is 388 g/mol. The number of rotatable bonds is 4. The van der Waals surface area contributed by atoms with E-state index in [1.807, 2.05) is 46.1 Å². The first-order valence-corrected chi connectivity index (χ1v) is 12.5. The maximum absolute atomic E-state index is 12.2. The molecule has 3 heterocycles. The van der Waals surface area contributed by atoms with Gasteiger partial charge in [-0.1, -0.05) is 33.9 Å². The number of nitrogens with one attached hydrogen (secondary N) is 1. The Bertz CT molecular complexity index is 942. The molecule has 3 rings (SSSR count). The van der Waals surface area contributed by atoms with Crippen LogP contribution in [0.1, 0.15) is 48.0 Å². The standard InChI is InChI=1S/C20H33N4O4Si/c1-17(2,3)19(26)10-20(29(7)8,28-13(19)9-27-18(4,5)6)24-12-23-14-15(24)21-11-22-16(14)25/h11-13,26H,9-10H2,1-8H3,(H,21,22,25)/t13-,19+,20+/m1/s1. The lowest BCUT2D eigenvalue weighted by Crippen LogP contribution is -2.52. The van der Waals surface area contributed by atoms with Crippen molar-refractivity contribution in [1.29, 1.82) is 0 Å². The van der Waals surface area contributed by atoms with Crippen molar-refractivity contribution < 1.29 is 14.6 Å². The Balaban J connectivity index is 2.14. The zero-order valence-electron chi connectivity index (χ0n) is 18.7. The maximum Gasteiger partial charge on any atom is 0.278 e. The summed E-state index contributed by atoms with van der Waals surface area (Å²) < 4.78 is 14.6. The van der Waals surface area contributed by atoms with E-state index in [-0.39, 0.29) is 23.3 Å². The van der Waals surface area contributed by atoms with Gasteiger partial charge < -0.3 is 19.6 Å². The van der Waals surface area contributed by atoms with Crippen LogP contribution in [0, 0.1) is 5.41 Å². The molecule has 1 aliphatic rings. The summed E-state index contributed by atoms with van der Waals surface area (Å²) in [6, 6.07) is 0. The van der Waals surface area contributed by atoms with Gasteiger partial charge in [0.25, 0.3) is 5.56 Å². The summed E-state index contributed by atoms with van der Waals surface area (Å²) in [7, 11) is -1.18. The Hall–Kier alpha value is -1.55. The highest BCUT2D eigenvalue weighted by Crippen LogP contribution is 2.51. The molecule has 0 aromatic carbocycles. The molecule has 161 valence electrons. The van der Waals surface area contributed by atoms with E-state index >= 15 is 0 Å². The molecule has 1 radical (unpaired) electrons. The molecule has 0 spiro atoms. The monoisotopic (exact) mass is 421 g/mol. The Morgan fingerprint density at radius 3 is 2.52 bits per heavy atom. The number of aliphatic hydroxyl groups is 1. The zero-order valence-corrected chi connectivity index (χ0v) is 19.7. The topological polar surface area (TPSA) is 102 Å². The first-order valence-electron chi connectivity index (χ1n) is 9.97. The van der Waals surface area contributed by atoms with Crippen LogP contribution in [0.3, 0.4) is 0 Å². The second kappa shape index (κ2) is 7.00. The van der Waals surface area contributed by atoms with Crippen molar-refractivity contribution in [2.45, 2.75) is 83.7 Å². The van der Waals surface area contributed by atoms with Gasteiger partial charge >= 0.3 is 0 Å². The third-order valence-corrected chi connectivity index (χ3v) is 7.95. The van der Waals surface area contributed by atoms with Gasteiger partial charge in [-0.2, -0.15) is 0 Å². The Morgan fingerprint density at radius 1 is 1.31 bits per heavy atom. The zero-order chi connectivity index (χ0) is 21.8. The van der Waals surface area contributed by atoms with Crippen molar-refractivity contribution >= 4 is 20.0 Å². The summed E-state index contributed by atoms with van der Waals surface area (Å²) in [5, 5.41) is 11.1. The quantitative estimate of drug-likeness (QED) is 0.735. The third-order valence-electron chi connectivity index (χ3n) is 5.86. The van der Waals surface area contributed by atoms with E-state index in [1.165, 1.54) is 6.33 Å². The highest BCUT2D eigenvalue weighted by molar-refractivity contribution is 6.58. The van der Waals surface area contributed by atoms with Crippen LogP contribution < -0.4 is 5.56 Å². The lowest BCUT2D eigenvalue weighted by Gasteiger charge is -2.41. The molecule has 0 unspecified atom stereocenters. The average Bonchev–Trinajstić information content (AvgIpc) is 3.13. The highest BCUT2D eigenvalue weighted by Gasteiger charge is 2.62. The number of aromatic nitrogens is 4. The first-order chi connectivity index (χ1) is 13.2. The van der Waals surface area contributed by atoms with E-state index in [0.717, 1.165) is 0 Å². The highest BCUT2D eigenvalue weighted by atomic mass is 28.3. The van der Waals surface area contributed by atoms with E-state index in [4.69, 9.17) is 9.47 Å². The fraction of sp³-hybridized carbons (Fsp3) is 0.750. The van der Waals surface area contributed by atoms with Crippen molar-refractivity contribution in [2.75, 3.05) is 6.61 Å². The van der Waals surface area contributed by atoms with Gasteiger partial charge in [-0.15, -0.1) is 0 Å². The smallest absolute Gasteiger partial charge is 0.278 e. The number of ether oxygens (including phenoxy) is 2. The van der Waals surface area contributed by atoms with Crippen molar-refractivity contribution in [2.24, 2.45) is 5.41 Å². The molecule has 29 heavy (non-hydrogen) atoms. The van der Waals surface area contributed by atoms with E-state index in [9.17, 15) is 9.90 Å². The van der Waals surface area contributed by atoms with Crippen LogP contribution in [0.15, 0.2) is 17.4 Å². The fourth-order valence-corrected chi connectivity index (χ4v) is 5.53. The van der Waals surface area contributed by atoms with Crippen LogP contribution in [0.5, 0.6) is 0 Å². The Morgan fingerprint density at radius 2 is 1.97 bits per heavy atom. The predicted molar refractivity (Wildman–Crippen MR) is 113 cm³/mol. The van der Waals surface area contributed by atoms with Crippen LogP contribution in [-0.2, 0) is 14.8 Å². The van der Waals surface area contributed by atoms with Gasteiger partial charge in [0.15, 0.2) is 11.2 Å². The minimum absolute atomic E-state index is 0.271. The first kappa shape index (κ1) is 22.1. The molecule has 8 nitrogen and oxygen atoms in total. The van der Waals surface area contributed by atoms with Crippen LogP contribution in [0.4, 0.5) is 0 Å². The normalized spacial score (nSPS) is 28.6. The minimum atomic E-state index is -1.18. The molecule has 0 bridgehead atoms. The molecule has 2 aromatic rings. The largest absolute Gasteiger partial charge is 0.386 e. The molecule has 0 saturated carbocycles. The summed E-state index contributed by atoms with van der Waals surface area (Å²) in [5.74, 6) is 0. The van der Waals surface area contributed by atoms with Crippen molar-refractivity contribution in [3.05, 3.63) is 23.0 Å². The molecule has 2 N–H and O–H groups in total. The Kier molecular flexibility index (Phi) is 5.35. The van der Waals surface area contributed by atoms with E-state index < -0.39 is 31.3 Å². The van der Waals surface area contributed by atoms with Gasteiger partial charge in [-0.25, -0.2) is 9.97 Å². The Labute approximate surface area is 173 Å². The van der Waals surface area contributed by atoms with Crippen LogP contribution in [-0.4, -0.2) is 57.3 Å². The summed E-state index contributed by atoms with van der Waals surface area (Å²) >= 11 is 0. The summed E-state index contributed by atoms with van der Waals surface area (Å²) in [5.41, 5.74) is -1.48. The number of fused-ring (bicyclic) bond motifs is 1. The number of H-pyrrole nitrogens is 1. The summed E-state index contributed by atoms with van der Waals surface area (Å²) in [4.78, 5) is 23.4. The van der Waals surface area contributed by atoms with Gasteiger partial charge in [0.1, 0.15) is 25.9 Å². The minimum Gasteiger partial charge on any atom is -0.386 e. The molecule has 9 heteroatoms. The maximum atomic E-state index is 12.2. The summed E-state index contributed by atoms with van der Waals surface area (Å²) in [6.07, 6.45) is 2.84. The molecule has 1 saturated heterocycles. The number of imidazole rings is 1. The number of nitrogens with zero attached hydrogens (tertiary/aromatic N) is 3. The molecule has 1 aliphatic heterocycles. The van der Waals surface area contributed by atoms with Crippen molar-refractivity contribution in [3.8, 4) is 0 Å². The number of hydrogen-bond donors (Lipinski definition) is 2. The molecule has 0 amide bonds. The average molecular weight is 422 g/mol. The van der Waals surface area contributed by atoms with Gasteiger partial charge in [-0.05, 0) is 26.2 Å². The lowest BCUT2D eigenvalue weighted by atomic mass is 9.72. The van der Waals surface area contributed by atoms with Gasteiger partial charge in [0, 0.05) is 6.42 Å². The lowest BCUT2D eigenvalue weighted by molar-refractivity contribution is -0.159. The predicted octanol–water partition coefficient (Wildman–Crippen LogP) is 2.45. The second-order valence-corrected chi connectivity index (χ2v) is 13.0. The van der Waals surface area contributed by atoms with Gasteiger partial charge in [-0.3, -0.25) is 9.36 Å². The summed E-state index contributed by atoms with van der Waals surface area (Å²) in [6.45, 7) is 16.6. The fourth-order valence-electron chi connectivity index (χ4n) is 3.89. The number of hydrogen-bond acceptors (Lipinski definition) is 6. The molecule has 3 atom stereocenters. The van der Waals surface area contributed by atoms with E-state index in [1.54, 1.807) is 6.33 Å². The van der Waals surface area contributed by atoms with Crippen molar-refractivity contribution in [1.82, 2.24) is 19.5 Å². The molecular formula is C20H33N4O4Si. The van der Waals surface area contributed by atoms with Gasteiger partial charge in [0.2, 0.25) is 0 Å². The van der Waals surface area contributed by atoms with Crippen molar-refractivity contribution in [3.63, 3.8) is 0 Å². The third kappa shape index (κ3) is 3.69. The SMILES string of the molecule is C[Si](C)[C@]1(n2cnc3c(=O)[nH]cnc32)C[C@@](O)(C(C)(C)C)[C@@H](COC(C)(C)C)O1. The molecule has 2 aromatic heterocycles.